The zero-order valence-corrected chi connectivity index (χ0v) is 22.5. The number of anilines is 1. The van der Waals surface area contributed by atoms with E-state index in [1.807, 2.05) is 49.4 Å². The van der Waals surface area contributed by atoms with Crippen LogP contribution in [0.15, 0.2) is 54.6 Å². The van der Waals surface area contributed by atoms with Gasteiger partial charge in [0.2, 0.25) is 5.91 Å². The molecule has 6 atom stereocenters. The van der Waals surface area contributed by atoms with E-state index in [9.17, 15) is 19.8 Å². The van der Waals surface area contributed by atoms with Crippen LogP contribution in [0, 0.1) is 22.7 Å². The Labute approximate surface area is 224 Å². The van der Waals surface area contributed by atoms with E-state index < -0.39 is 23.7 Å². The van der Waals surface area contributed by atoms with Gasteiger partial charge in [0, 0.05) is 24.1 Å². The van der Waals surface area contributed by atoms with E-state index in [2.05, 4.69) is 17.6 Å². The lowest BCUT2D eigenvalue weighted by Crippen LogP contribution is -2.61. The Hall–Kier alpha value is -3.10. The van der Waals surface area contributed by atoms with Crippen molar-refractivity contribution in [1.82, 2.24) is 5.32 Å². The fourth-order valence-corrected chi connectivity index (χ4v) is 6.79. The van der Waals surface area contributed by atoms with Gasteiger partial charge < -0.3 is 25.0 Å². The first-order chi connectivity index (χ1) is 18.2. The number of carbonyl (C=O) groups excluding carboxylic acids is 2. The molecule has 2 amide bonds. The van der Waals surface area contributed by atoms with Gasteiger partial charge in [-0.2, -0.15) is 0 Å². The van der Waals surface area contributed by atoms with Crippen molar-refractivity contribution >= 4 is 17.7 Å². The molecule has 0 spiro atoms. The van der Waals surface area contributed by atoms with Crippen molar-refractivity contribution < 1.29 is 29.3 Å². The minimum absolute atomic E-state index is 0.0222. The van der Waals surface area contributed by atoms with Crippen molar-refractivity contribution in [2.45, 2.75) is 64.7 Å². The number of hydrogen-bond donors (Lipinski definition) is 4. The third kappa shape index (κ3) is 5.81. The van der Waals surface area contributed by atoms with Crippen molar-refractivity contribution in [3.63, 3.8) is 0 Å². The zero-order valence-electron chi connectivity index (χ0n) is 22.5. The van der Waals surface area contributed by atoms with Gasteiger partial charge in [-0.1, -0.05) is 44.2 Å². The number of fused-ring (bicyclic) bond motifs is 1. The van der Waals surface area contributed by atoms with Crippen LogP contribution in [-0.4, -0.2) is 48.1 Å². The van der Waals surface area contributed by atoms with Crippen LogP contribution in [0.4, 0.5) is 10.5 Å². The van der Waals surface area contributed by atoms with Gasteiger partial charge in [0.25, 0.3) is 0 Å². The number of rotatable bonds is 8. The van der Waals surface area contributed by atoms with Gasteiger partial charge >= 0.3 is 6.09 Å². The van der Waals surface area contributed by atoms with Gasteiger partial charge in [0.05, 0.1) is 19.8 Å². The molecule has 38 heavy (non-hydrogen) atoms. The Morgan fingerprint density at radius 1 is 1.03 bits per heavy atom. The van der Waals surface area contributed by atoms with Crippen LogP contribution in [0.1, 0.15) is 51.5 Å². The molecule has 2 aromatic rings. The summed E-state index contributed by atoms with van der Waals surface area (Å²) in [7, 11) is 1.61. The predicted molar refractivity (Wildman–Crippen MR) is 145 cm³/mol. The maximum absolute atomic E-state index is 13.0. The van der Waals surface area contributed by atoms with E-state index in [0.717, 1.165) is 11.3 Å². The van der Waals surface area contributed by atoms with Crippen LogP contribution in [0.25, 0.3) is 0 Å². The molecule has 206 valence electrons. The van der Waals surface area contributed by atoms with E-state index in [0.29, 0.717) is 37.9 Å². The fraction of sp³-hybridized carbons (Fsp3) is 0.533. The Balaban J connectivity index is 1.43. The van der Waals surface area contributed by atoms with Gasteiger partial charge in [0.15, 0.2) is 0 Å². The maximum atomic E-state index is 13.0. The highest BCUT2D eigenvalue weighted by molar-refractivity contribution is 5.84. The average molecular weight is 525 g/mol. The first kappa shape index (κ1) is 27.9. The van der Waals surface area contributed by atoms with E-state index in [1.165, 1.54) is 0 Å². The normalized spacial score (nSPS) is 30.6. The monoisotopic (exact) mass is 524 g/mol. The number of para-hydroxylation sites is 1. The third-order valence-corrected chi connectivity index (χ3v) is 9.00. The van der Waals surface area contributed by atoms with E-state index in [-0.39, 0.29) is 36.2 Å². The summed E-state index contributed by atoms with van der Waals surface area (Å²) in [6.07, 6.45) is 1.03. The number of amides is 2. The summed E-state index contributed by atoms with van der Waals surface area (Å²) in [4.78, 5) is 25.7. The molecule has 2 aromatic carbocycles. The largest absolute Gasteiger partial charge is 0.497 e. The molecule has 6 unspecified atom stereocenters. The molecule has 8 heteroatoms. The van der Waals surface area contributed by atoms with Crippen LogP contribution < -0.4 is 15.4 Å². The van der Waals surface area contributed by atoms with Crippen LogP contribution in [0.2, 0.25) is 0 Å². The number of hydrogen-bond acceptors (Lipinski definition) is 6. The van der Waals surface area contributed by atoms with Crippen molar-refractivity contribution in [3.8, 4) is 5.75 Å². The number of methoxy groups -OCH3 is 1. The Kier molecular flexibility index (Phi) is 8.63. The molecule has 0 aliphatic heterocycles. The molecule has 2 fully saturated rings. The topological polar surface area (TPSA) is 117 Å². The second kappa shape index (κ2) is 11.7. The molecular weight excluding hydrogens is 484 g/mol. The molecule has 0 aromatic heterocycles. The van der Waals surface area contributed by atoms with Gasteiger partial charge in [-0.25, -0.2) is 4.79 Å². The molecule has 8 nitrogen and oxygen atoms in total. The fourth-order valence-electron chi connectivity index (χ4n) is 6.79. The Bertz CT molecular complexity index is 1090. The van der Waals surface area contributed by atoms with Crippen LogP contribution in [0.5, 0.6) is 5.75 Å². The first-order valence-electron chi connectivity index (χ1n) is 13.4. The number of carbonyl (C=O) groups is 2. The van der Waals surface area contributed by atoms with Gasteiger partial charge in [-0.05, 0) is 72.8 Å². The summed E-state index contributed by atoms with van der Waals surface area (Å²) in [5, 5.41) is 27.4. The van der Waals surface area contributed by atoms with E-state index in [4.69, 9.17) is 9.47 Å². The second-order valence-corrected chi connectivity index (χ2v) is 11.2. The van der Waals surface area contributed by atoms with Gasteiger partial charge in [-0.3, -0.25) is 10.1 Å². The summed E-state index contributed by atoms with van der Waals surface area (Å²) in [5.41, 5.74) is 0.526. The van der Waals surface area contributed by atoms with E-state index in [1.54, 1.807) is 19.2 Å². The second-order valence-electron chi connectivity index (χ2n) is 11.2. The summed E-state index contributed by atoms with van der Waals surface area (Å²) in [6, 6.07) is 16.6. The molecule has 0 saturated heterocycles. The lowest BCUT2D eigenvalue weighted by atomic mass is 9.46. The van der Waals surface area contributed by atoms with Gasteiger partial charge in [0.1, 0.15) is 11.9 Å². The molecule has 4 rings (SSSR count). The van der Waals surface area contributed by atoms with Crippen molar-refractivity contribution in [3.05, 3.63) is 60.2 Å². The summed E-state index contributed by atoms with van der Waals surface area (Å²) >= 11 is 0. The molecule has 0 radical (unpaired) electrons. The highest BCUT2D eigenvalue weighted by Gasteiger charge is 2.60. The third-order valence-electron chi connectivity index (χ3n) is 9.00. The van der Waals surface area contributed by atoms with Crippen molar-refractivity contribution in [2.24, 2.45) is 22.7 Å². The smallest absolute Gasteiger partial charge is 0.411 e. The van der Waals surface area contributed by atoms with Crippen LogP contribution in [0.3, 0.4) is 0 Å². The minimum atomic E-state index is -0.695. The average Bonchev–Trinajstić information content (AvgIpc) is 2.92. The molecule has 4 N–H and O–H groups in total. The minimum Gasteiger partial charge on any atom is -0.497 e. The lowest BCUT2D eigenvalue weighted by Gasteiger charge is -2.60. The number of aliphatic hydroxyl groups excluding tert-OH is 2. The maximum Gasteiger partial charge on any atom is 0.411 e. The standard InChI is InChI=1S/C30H40N2O6/c1-29-16-15-26(38-28(36)32-21-7-5-4-6-8-21)30(2,19-33)25(29)14-13-24(34)23(29)17-27(35)31-18-20-9-11-22(37-3)12-10-20/h4-12,23-26,33-34H,13-19H2,1-3H3,(H,31,35)(H,32,36). The highest BCUT2D eigenvalue weighted by atomic mass is 16.6. The van der Waals surface area contributed by atoms with Gasteiger partial charge in [-0.15, -0.1) is 0 Å². The van der Waals surface area contributed by atoms with Crippen LogP contribution >= 0.6 is 0 Å². The highest BCUT2D eigenvalue weighted by Crippen LogP contribution is 2.61. The molecule has 2 saturated carbocycles. The first-order valence-corrected chi connectivity index (χ1v) is 13.4. The summed E-state index contributed by atoms with van der Waals surface area (Å²) in [5.74, 6) is 0.361. The number of nitrogens with one attached hydrogen (secondary N) is 2. The summed E-state index contributed by atoms with van der Waals surface area (Å²) in [6.45, 7) is 4.33. The zero-order chi connectivity index (χ0) is 27.3. The predicted octanol–water partition coefficient (Wildman–Crippen LogP) is 4.50. The van der Waals surface area contributed by atoms with Crippen molar-refractivity contribution in [1.29, 1.82) is 0 Å². The quantitative estimate of drug-likeness (QED) is 0.404. The SMILES string of the molecule is COc1ccc(CNC(=O)CC2C(O)CCC3C(C)(CO)C(OC(=O)Nc4ccccc4)CCC23C)cc1. The number of benzene rings is 2. The lowest BCUT2D eigenvalue weighted by molar-refractivity contribution is -0.185. The van der Waals surface area contributed by atoms with Crippen molar-refractivity contribution in [2.75, 3.05) is 19.0 Å². The number of ether oxygens (including phenoxy) is 2. The van der Waals surface area contributed by atoms with Crippen LogP contribution in [-0.2, 0) is 16.1 Å². The Morgan fingerprint density at radius 2 is 1.74 bits per heavy atom. The Morgan fingerprint density at radius 3 is 2.39 bits per heavy atom. The molecule has 0 bridgehead atoms. The molecule has 2 aliphatic rings. The summed E-state index contributed by atoms with van der Waals surface area (Å²) < 4.78 is 11.1. The van der Waals surface area contributed by atoms with E-state index >= 15 is 0 Å². The molecule has 2 aliphatic carbocycles. The number of aliphatic hydroxyl groups is 2. The molecular formula is C30H40N2O6. The molecule has 0 heterocycles.